The van der Waals surface area contributed by atoms with Gasteiger partial charge in [0.15, 0.2) is 0 Å². The lowest BCUT2D eigenvalue weighted by Gasteiger charge is -2.28. The van der Waals surface area contributed by atoms with Crippen LogP contribution >= 0.6 is 23.2 Å². The normalized spacial score (nSPS) is 18.0. The second-order valence-corrected chi connectivity index (χ2v) is 10.7. The first-order valence-corrected chi connectivity index (χ1v) is 12.1. The molecule has 1 aliphatic heterocycles. The zero-order valence-corrected chi connectivity index (χ0v) is 21.1. The highest BCUT2D eigenvalue weighted by atomic mass is 35.5. The van der Waals surface area contributed by atoms with Gasteiger partial charge in [-0.3, -0.25) is 14.4 Å². The van der Waals surface area contributed by atoms with E-state index >= 15 is 0 Å². The molecule has 2 heterocycles. The number of hydrogen-bond donors (Lipinski definition) is 4. The molecule has 0 aliphatic carbocycles. The number of rotatable bonds is 7. The highest BCUT2D eigenvalue weighted by Crippen LogP contribution is 2.30. The number of carbonyl (C=O) groups excluding carboxylic acids is 3. The van der Waals surface area contributed by atoms with Gasteiger partial charge in [0, 0.05) is 17.8 Å². The van der Waals surface area contributed by atoms with Gasteiger partial charge < -0.3 is 20.9 Å². The molecule has 9 heteroatoms. The molecule has 7 nitrogen and oxygen atoms in total. The number of nitrogens with one attached hydrogen (secondary N) is 4. The first kappa shape index (κ1) is 25.9. The van der Waals surface area contributed by atoms with Gasteiger partial charge in [0.05, 0.1) is 21.6 Å². The molecular weight excluding hydrogens is 475 g/mol. The maximum Gasteiger partial charge on any atom is 0.268 e. The minimum absolute atomic E-state index is 0.0450. The Hall–Kier alpha value is -2.69. The Morgan fingerprint density at radius 2 is 1.94 bits per heavy atom. The molecule has 0 saturated carbocycles. The van der Waals surface area contributed by atoms with Crippen LogP contribution in [0.3, 0.4) is 0 Å². The zero-order chi connectivity index (χ0) is 25.0. The van der Waals surface area contributed by atoms with E-state index in [4.69, 9.17) is 29.6 Å². The van der Waals surface area contributed by atoms with Crippen molar-refractivity contribution in [2.75, 3.05) is 6.54 Å². The monoisotopic (exact) mass is 504 g/mol. The largest absolute Gasteiger partial charge is 0.356 e. The number of aromatic amines is 1. The van der Waals surface area contributed by atoms with Crippen molar-refractivity contribution in [2.24, 2.45) is 11.3 Å². The minimum atomic E-state index is -0.833. The van der Waals surface area contributed by atoms with E-state index in [1.54, 1.807) is 18.2 Å². The second kappa shape index (κ2) is 10.7. The summed E-state index contributed by atoms with van der Waals surface area (Å²) >= 11 is 12.5. The van der Waals surface area contributed by atoms with Crippen molar-refractivity contribution in [1.29, 1.82) is 0 Å². The summed E-state index contributed by atoms with van der Waals surface area (Å²) in [6, 6.07) is 3.46. The first-order valence-electron chi connectivity index (χ1n) is 11.3. The minimum Gasteiger partial charge on any atom is -0.356 e. The smallest absolute Gasteiger partial charge is 0.268 e. The van der Waals surface area contributed by atoms with Crippen molar-refractivity contribution in [1.82, 2.24) is 20.9 Å². The van der Waals surface area contributed by atoms with Gasteiger partial charge in [0.2, 0.25) is 11.8 Å². The van der Waals surface area contributed by atoms with Gasteiger partial charge in [-0.2, -0.15) is 0 Å². The van der Waals surface area contributed by atoms with E-state index in [1.807, 2.05) is 20.8 Å². The van der Waals surface area contributed by atoms with Crippen LogP contribution in [0.5, 0.6) is 0 Å². The molecule has 0 unspecified atom stereocenters. The topological polar surface area (TPSA) is 103 Å². The number of hydrogen-bond acceptors (Lipinski definition) is 3. The number of benzene rings is 1. The van der Waals surface area contributed by atoms with Crippen molar-refractivity contribution in [3.8, 4) is 12.3 Å². The number of terminal acetylenes is 1. The number of fused-ring (bicyclic) bond motifs is 1. The molecule has 1 saturated heterocycles. The number of halogens is 2. The summed E-state index contributed by atoms with van der Waals surface area (Å²) < 4.78 is 0. The maximum absolute atomic E-state index is 13.2. The van der Waals surface area contributed by atoms with E-state index in [1.165, 1.54) is 0 Å². The van der Waals surface area contributed by atoms with Gasteiger partial charge in [0.1, 0.15) is 11.7 Å². The van der Waals surface area contributed by atoms with Crippen LogP contribution in [-0.4, -0.2) is 41.3 Å². The number of aromatic nitrogens is 1. The van der Waals surface area contributed by atoms with E-state index in [0.717, 1.165) is 12.8 Å². The molecule has 0 spiro atoms. The fourth-order valence-corrected chi connectivity index (χ4v) is 4.54. The second-order valence-electron chi connectivity index (χ2n) is 9.89. The van der Waals surface area contributed by atoms with Gasteiger partial charge >= 0.3 is 0 Å². The molecule has 3 rings (SSSR count). The average Bonchev–Trinajstić information content (AvgIpc) is 3.23. The Bertz CT molecular complexity index is 1090. The van der Waals surface area contributed by atoms with Crippen LogP contribution < -0.4 is 16.0 Å². The van der Waals surface area contributed by atoms with Gasteiger partial charge in [-0.05, 0) is 49.3 Å². The fourth-order valence-electron chi connectivity index (χ4n) is 4.12. The van der Waals surface area contributed by atoms with E-state index in [2.05, 4.69) is 26.9 Å². The Kier molecular flexibility index (Phi) is 8.17. The summed E-state index contributed by atoms with van der Waals surface area (Å²) in [4.78, 5) is 41.3. The summed E-state index contributed by atoms with van der Waals surface area (Å²) in [5, 5.41) is 10.0. The SMILES string of the molecule is C#C[C@H](C[C@@H]1CCCNC1=O)NC(=O)[C@H](CC(C)(C)C)NC(=O)c1cc2c(Cl)ccc(Cl)c2[nH]1. The van der Waals surface area contributed by atoms with Crippen molar-refractivity contribution in [3.63, 3.8) is 0 Å². The van der Waals surface area contributed by atoms with Crippen LogP contribution in [0.1, 0.15) is 56.9 Å². The third-order valence-electron chi connectivity index (χ3n) is 5.81. The highest BCUT2D eigenvalue weighted by molar-refractivity contribution is 6.40. The lowest BCUT2D eigenvalue weighted by atomic mass is 9.87. The standard InChI is InChI=1S/C25H30Cl2N4O3/c1-5-15(11-14-7-6-10-28-22(14)32)29-24(34)20(13-25(2,3)4)31-23(33)19-12-16-17(26)8-9-18(27)21(16)30-19/h1,8-9,12,14-15,20,30H,6-7,10-11,13H2,2-4H3,(H,28,32)(H,29,34)(H,31,33)/t14-,15+,20-/m0/s1. The van der Waals surface area contributed by atoms with Gasteiger partial charge in [-0.1, -0.05) is 49.9 Å². The van der Waals surface area contributed by atoms with E-state index in [0.29, 0.717) is 40.3 Å². The summed E-state index contributed by atoms with van der Waals surface area (Å²) in [5.74, 6) is 1.43. The molecule has 0 bridgehead atoms. The Labute approximate surface area is 209 Å². The Morgan fingerprint density at radius 3 is 2.56 bits per heavy atom. The van der Waals surface area contributed by atoms with Crippen LogP contribution in [0.2, 0.25) is 10.0 Å². The van der Waals surface area contributed by atoms with Crippen LogP contribution in [0, 0.1) is 23.7 Å². The third kappa shape index (κ3) is 6.46. The van der Waals surface area contributed by atoms with Crippen molar-refractivity contribution >= 4 is 51.8 Å². The summed E-state index contributed by atoms with van der Waals surface area (Å²) in [5.41, 5.74) is 0.537. The van der Waals surface area contributed by atoms with Crippen LogP contribution in [0.15, 0.2) is 18.2 Å². The number of amides is 3. The van der Waals surface area contributed by atoms with Crippen LogP contribution in [0.25, 0.3) is 10.9 Å². The lowest BCUT2D eigenvalue weighted by Crippen LogP contribution is -2.51. The number of H-pyrrole nitrogens is 1. The first-order chi connectivity index (χ1) is 16.0. The molecule has 182 valence electrons. The van der Waals surface area contributed by atoms with E-state index in [-0.39, 0.29) is 22.9 Å². The van der Waals surface area contributed by atoms with Gasteiger partial charge in [-0.25, -0.2) is 0 Å². The van der Waals surface area contributed by atoms with Crippen molar-refractivity contribution in [3.05, 3.63) is 33.9 Å². The van der Waals surface area contributed by atoms with Gasteiger partial charge in [-0.15, -0.1) is 6.42 Å². The zero-order valence-electron chi connectivity index (χ0n) is 19.6. The molecular formula is C25H30Cl2N4O3. The molecule has 34 heavy (non-hydrogen) atoms. The Morgan fingerprint density at radius 1 is 1.24 bits per heavy atom. The number of carbonyl (C=O) groups is 3. The number of piperidine rings is 1. The predicted octanol–water partition coefficient (Wildman–Crippen LogP) is 4.04. The molecule has 1 aromatic carbocycles. The van der Waals surface area contributed by atoms with Gasteiger partial charge in [0.25, 0.3) is 5.91 Å². The Balaban J connectivity index is 1.75. The summed E-state index contributed by atoms with van der Waals surface area (Å²) in [6.45, 7) is 6.60. The molecule has 0 radical (unpaired) electrons. The van der Waals surface area contributed by atoms with Crippen molar-refractivity contribution in [2.45, 2.75) is 58.5 Å². The molecule has 1 aromatic heterocycles. The molecule has 3 amide bonds. The van der Waals surface area contributed by atoms with Crippen LogP contribution in [-0.2, 0) is 9.59 Å². The summed E-state index contributed by atoms with van der Waals surface area (Å²) in [6.07, 6.45) is 8.00. The predicted molar refractivity (Wildman–Crippen MR) is 135 cm³/mol. The molecule has 3 atom stereocenters. The molecule has 1 fully saturated rings. The molecule has 4 N–H and O–H groups in total. The highest BCUT2D eigenvalue weighted by Gasteiger charge is 2.31. The lowest BCUT2D eigenvalue weighted by molar-refractivity contribution is -0.128. The van der Waals surface area contributed by atoms with Crippen LogP contribution in [0.4, 0.5) is 0 Å². The maximum atomic E-state index is 13.2. The summed E-state index contributed by atoms with van der Waals surface area (Å²) in [7, 11) is 0. The average molecular weight is 505 g/mol. The van der Waals surface area contributed by atoms with E-state index in [9.17, 15) is 14.4 Å². The van der Waals surface area contributed by atoms with E-state index < -0.39 is 23.9 Å². The molecule has 2 aromatic rings. The fraction of sp³-hybridized carbons (Fsp3) is 0.480. The quantitative estimate of drug-likeness (QED) is 0.427. The third-order valence-corrected chi connectivity index (χ3v) is 6.45. The molecule has 1 aliphatic rings. The van der Waals surface area contributed by atoms with Crippen molar-refractivity contribution < 1.29 is 14.4 Å².